The van der Waals surface area contributed by atoms with E-state index in [-0.39, 0.29) is 0 Å². The summed E-state index contributed by atoms with van der Waals surface area (Å²) < 4.78 is 30.5. The molecule has 0 aliphatic rings. The van der Waals surface area contributed by atoms with Crippen molar-refractivity contribution in [3.8, 4) is 5.75 Å². The third-order valence-electron chi connectivity index (χ3n) is 1.99. The van der Waals surface area contributed by atoms with Gasteiger partial charge in [0.1, 0.15) is 12.4 Å². The molecular formula is C11H13Br2F2NO. The second-order valence-corrected chi connectivity index (χ2v) is 5.08. The summed E-state index contributed by atoms with van der Waals surface area (Å²) in [7, 11) is 0. The minimum absolute atomic E-state index is 0.408. The Morgan fingerprint density at radius 3 is 2.35 bits per heavy atom. The molecule has 96 valence electrons. The van der Waals surface area contributed by atoms with Gasteiger partial charge in [-0.25, -0.2) is 8.78 Å². The molecule has 0 unspecified atom stereocenters. The molecule has 1 rings (SSSR count). The maximum absolute atomic E-state index is 12.1. The van der Waals surface area contributed by atoms with E-state index < -0.39 is 13.0 Å². The summed E-state index contributed by atoms with van der Waals surface area (Å²) in [6, 6.07) is 3.71. The normalized spacial score (nSPS) is 10.9. The molecule has 0 aliphatic heterocycles. The Hall–Kier alpha value is -0.200. The van der Waals surface area contributed by atoms with Gasteiger partial charge in [0.2, 0.25) is 0 Å². The number of halogens is 4. The van der Waals surface area contributed by atoms with Gasteiger partial charge in [0, 0.05) is 6.54 Å². The summed E-state index contributed by atoms with van der Waals surface area (Å²) in [5.41, 5.74) is 1.05. The highest BCUT2D eigenvalue weighted by molar-refractivity contribution is 9.11. The molecule has 0 atom stereocenters. The Bertz CT molecular complexity index is 351. The quantitative estimate of drug-likeness (QED) is 0.815. The van der Waals surface area contributed by atoms with Crippen LogP contribution < -0.4 is 10.1 Å². The van der Waals surface area contributed by atoms with E-state index in [9.17, 15) is 8.78 Å². The van der Waals surface area contributed by atoms with Crippen molar-refractivity contribution in [2.45, 2.75) is 19.9 Å². The van der Waals surface area contributed by atoms with E-state index in [0.717, 1.165) is 18.7 Å². The fourth-order valence-corrected chi connectivity index (χ4v) is 2.78. The lowest BCUT2D eigenvalue weighted by Crippen LogP contribution is -2.12. The highest BCUT2D eigenvalue weighted by atomic mass is 79.9. The van der Waals surface area contributed by atoms with Crippen LogP contribution in [-0.2, 0) is 6.54 Å². The first-order chi connectivity index (χ1) is 8.04. The van der Waals surface area contributed by atoms with Crippen LogP contribution in [0.2, 0.25) is 0 Å². The van der Waals surface area contributed by atoms with Crippen LogP contribution in [0.1, 0.15) is 12.5 Å². The molecule has 0 amide bonds. The van der Waals surface area contributed by atoms with E-state index >= 15 is 0 Å². The van der Waals surface area contributed by atoms with E-state index in [1.165, 1.54) is 0 Å². The van der Waals surface area contributed by atoms with Crippen LogP contribution >= 0.6 is 31.9 Å². The number of hydrogen-bond donors (Lipinski definition) is 1. The van der Waals surface area contributed by atoms with Gasteiger partial charge in [-0.3, -0.25) is 0 Å². The summed E-state index contributed by atoms with van der Waals surface area (Å²) in [5.74, 6) is 0.408. The number of ether oxygens (including phenoxy) is 1. The molecule has 1 aromatic carbocycles. The first-order valence-electron chi connectivity index (χ1n) is 5.14. The molecule has 0 radical (unpaired) electrons. The molecule has 0 aromatic heterocycles. The van der Waals surface area contributed by atoms with Crippen LogP contribution in [0.25, 0.3) is 0 Å². The van der Waals surface area contributed by atoms with E-state index in [0.29, 0.717) is 14.7 Å². The number of nitrogens with one attached hydrogen (secondary N) is 1. The lowest BCUT2D eigenvalue weighted by molar-refractivity contribution is 0.0811. The van der Waals surface area contributed by atoms with Crippen LogP contribution in [0.4, 0.5) is 8.78 Å². The zero-order valence-electron chi connectivity index (χ0n) is 9.27. The molecule has 0 bridgehead atoms. The van der Waals surface area contributed by atoms with Gasteiger partial charge in [-0.05, 0) is 56.1 Å². The largest absolute Gasteiger partial charge is 0.485 e. The van der Waals surface area contributed by atoms with Gasteiger partial charge in [-0.1, -0.05) is 6.92 Å². The minimum Gasteiger partial charge on any atom is -0.485 e. The molecule has 0 saturated heterocycles. The zero-order chi connectivity index (χ0) is 12.8. The van der Waals surface area contributed by atoms with Crippen molar-refractivity contribution in [1.82, 2.24) is 5.32 Å². The Morgan fingerprint density at radius 1 is 1.29 bits per heavy atom. The maximum atomic E-state index is 12.1. The summed E-state index contributed by atoms with van der Waals surface area (Å²) in [5, 5.41) is 3.19. The van der Waals surface area contributed by atoms with Crippen LogP contribution in [0, 0.1) is 0 Å². The van der Waals surface area contributed by atoms with E-state index in [1.807, 2.05) is 19.1 Å². The van der Waals surface area contributed by atoms with Gasteiger partial charge >= 0.3 is 0 Å². The monoisotopic (exact) mass is 371 g/mol. The van der Waals surface area contributed by atoms with E-state index in [2.05, 4.69) is 37.2 Å². The van der Waals surface area contributed by atoms with Crippen molar-refractivity contribution in [2.75, 3.05) is 13.2 Å². The Balaban J connectivity index is 2.79. The lowest BCUT2D eigenvalue weighted by Gasteiger charge is -2.12. The Kier molecular flexibility index (Phi) is 6.37. The summed E-state index contributed by atoms with van der Waals surface area (Å²) in [6.07, 6.45) is -2.48. The van der Waals surface area contributed by atoms with Gasteiger partial charge in [-0.15, -0.1) is 0 Å². The molecule has 0 aliphatic carbocycles. The predicted octanol–water partition coefficient (Wildman–Crippen LogP) is 3.97. The Labute approximate surface area is 116 Å². The molecule has 1 aromatic rings. The SMILES string of the molecule is CCNCc1cc(Br)c(OCC(F)F)c(Br)c1. The number of hydrogen-bond acceptors (Lipinski definition) is 2. The molecule has 0 heterocycles. The average molecular weight is 373 g/mol. The molecule has 0 spiro atoms. The smallest absolute Gasteiger partial charge is 0.272 e. The molecule has 6 heteroatoms. The van der Waals surface area contributed by atoms with Crippen molar-refractivity contribution in [3.63, 3.8) is 0 Å². The maximum Gasteiger partial charge on any atom is 0.272 e. The molecule has 1 N–H and O–H groups in total. The summed E-state index contributed by atoms with van der Waals surface area (Å²) in [4.78, 5) is 0. The highest BCUT2D eigenvalue weighted by Gasteiger charge is 2.11. The third-order valence-corrected chi connectivity index (χ3v) is 3.17. The van der Waals surface area contributed by atoms with E-state index in [1.54, 1.807) is 0 Å². The van der Waals surface area contributed by atoms with Crippen LogP contribution in [-0.4, -0.2) is 19.6 Å². The van der Waals surface area contributed by atoms with Crippen molar-refractivity contribution >= 4 is 31.9 Å². The topological polar surface area (TPSA) is 21.3 Å². The van der Waals surface area contributed by atoms with Gasteiger partial charge in [0.05, 0.1) is 8.95 Å². The van der Waals surface area contributed by atoms with Gasteiger partial charge < -0.3 is 10.1 Å². The van der Waals surface area contributed by atoms with Gasteiger partial charge in [-0.2, -0.15) is 0 Å². The molecular weight excluding hydrogens is 360 g/mol. The summed E-state index contributed by atoms with van der Waals surface area (Å²) >= 11 is 6.62. The number of alkyl halides is 2. The van der Waals surface area contributed by atoms with Gasteiger partial charge in [0.25, 0.3) is 6.43 Å². The number of rotatable bonds is 6. The molecule has 2 nitrogen and oxygen atoms in total. The van der Waals surface area contributed by atoms with Crippen LogP contribution in [0.15, 0.2) is 21.1 Å². The first kappa shape index (κ1) is 14.9. The number of benzene rings is 1. The average Bonchev–Trinajstić information content (AvgIpc) is 2.24. The minimum atomic E-state index is -2.48. The highest BCUT2D eigenvalue weighted by Crippen LogP contribution is 2.35. The molecule has 0 fully saturated rings. The molecule has 0 saturated carbocycles. The van der Waals surface area contributed by atoms with Crippen molar-refractivity contribution in [2.24, 2.45) is 0 Å². The second kappa shape index (κ2) is 7.28. The fraction of sp³-hybridized carbons (Fsp3) is 0.455. The standard InChI is InChI=1S/C11H13Br2F2NO/c1-2-16-5-7-3-8(12)11(9(13)4-7)17-6-10(14)15/h3-4,10,16H,2,5-6H2,1H3. The second-order valence-electron chi connectivity index (χ2n) is 3.37. The molecule has 17 heavy (non-hydrogen) atoms. The predicted molar refractivity (Wildman–Crippen MR) is 70.7 cm³/mol. The van der Waals surface area contributed by atoms with Crippen molar-refractivity contribution in [3.05, 3.63) is 26.6 Å². The van der Waals surface area contributed by atoms with E-state index in [4.69, 9.17) is 4.74 Å². The fourth-order valence-electron chi connectivity index (χ4n) is 1.27. The van der Waals surface area contributed by atoms with Crippen molar-refractivity contribution in [1.29, 1.82) is 0 Å². The zero-order valence-corrected chi connectivity index (χ0v) is 12.4. The van der Waals surface area contributed by atoms with Crippen LogP contribution in [0.3, 0.4) is 0 Å². The Morgan fingerprint density at radius 2 is 1.88 bits per heavy atom. The first-order valence-corrected chi connectivity index (χ1v) is 6.72. The van der Waals surface area contributed by atoms with Crippen molar-refractivity contribution < 1.29 is 13.5 Å². The lowest BCUT2D eigenvalue weighted by atomic mass is 10.2. The van der Waals surface area contributed by atoms with Gasteiger partial charge in [0.15, 0.2) is 0 Å². The van der Waals surface area contributed by atoms with Crippen LogP contribution in [0.5, 0.6) is 5.75 Å². The summed E-state index contributed by atoms with van der Waals surface area (Å²) in [6.45, 7) is 3.01. The third kappa shape index (κ3) is 4.89.